The zero-order valence-corrected chi connectivity index (χ0v) is 12.1. The number of hydrogen-bond acceptors (Lipinski definition) is 4. The molecule has 3 atom stereocenters. The van der Waals surface area contributed by atoms with Gasteiger partial charge in [0, 0.05) is 39.2 Å². The highest BCUT2D eigenvalue weighted by molar-refractivity contribution is 5.82. The van der Waals surface area contributed by atoms with Crippen LogP contribution >= 0.6 is 0 Å². The molecule has 0 aliphatic carbocycles. The van der Waals surface area contributed by atoms with Gasteiger partial charge < -0.3 is 25.2 Å². The molecule has 3 unspecified atom stereocenters. The number of carbonyl (C=O) groups excluding carboxylic acids is 1. The van der Waals surface area contributed by atoms with E-state index in [-0.39, 0.29) is 19.1 Å². The molecule has 1 aliphatic heterocycles. The molecule has 1 heterocycles. The van der Waals surface area contributed by atoms with Gasteiger partial charge in [-0.15, -0.1) is 0 Å². The molecule has 7 nitrogen and oxygen atoms in total. The summed E-state index contributed by atoms with van der Waals surface area (Å²) in [6.45, 7) is 3.55. The van der Waals surface area contributed by atoms with E-state index in [1.165, 1.54) is 7.11 Å². The molecule has 1 rings (SSSR count). The molecule has 7 heteroatoms. The van der Waals surface area contributed by atoms with Crippen LogP contribution in [0.2, 0.25) is 0 Å². The molecule has 1 aliphatic rings. The Hall–Kier alpha value is -1.34. The maximum atomic E-state index is 11.7. The van der Waals surface area contributed by atoms with E-state index >= 15 is 0 Å². The summed E-state index contributed by atoms with van der Waals surface area (Å²) in [6.07, 6.45) is 2.26. The molecular formula is C13H24N2O5. The van der Waals surface area contributed by atoms with Gasteiger partial charge in [-0.2, -0.15) is 0 Å². The van der Waals surface area contributed by atoms with Crippen molar-refractivity contribution in [2.45, 2.75) is 38.3 Å². The fourth-order valence-corrected chi connectivity index (χ4v) is 2.30. The maximum absolute atomic E-state index is 11.7. The molecule has 3 N–H and O–H groups in total. The average Bonchev–Trinajstić information content (AvgIpc) is 2.88. The highest BCUT2D eigenvalue weighted by Gasteiger charge is 2.27. The summed E-state index contributed by atoms with van der Waals surface area (Å²) in [7, 11) is 1.49. The molecule has 0 saturated carbocycles. The van der Waals surface area contributed by atoms with Crippen molar-refractivity contribution < 1.29 is 24.2 Å². The number of urea groups is 1. The number of methoxy groups -OCH3 is 1. The van der Waals surface area contributed by atoms with Crippen molar-refractivity contribution in [2.75, 3.05) is 26.9 Å². The van der Waals surface area contributed by atoms with E-state index in [2.05, 4.69) is 10.6 Å². The number of carboxylic acids is 1. The molecule has 0 radical (unpaired) electrons. The van der Waals surface area contributed by atoms with Gasteiger partial charge in [0.05, 0.1) is 6.10 Å². The van der Waals surface area contributed by atoms with Crippen molar-refractivity contribution in [3.05, 3.63) is 0 Å². The van der Waals surface area contributed by atoms with Crippen LogP contribution in [0.3, 0.4) is 0 Å². The summed E-state index contributed by atoms with van der Waals surface area (Å²) in [5, 5.41) is 14.1. The molecule has 2 amide bonds. The smallest absolute Gasteiger partial charge is 0.326 e. The van der Waals surface area contributed by atoms with Gasteiger partial charge in [-0.25, -0.2) is 9.59 Å². The van der Waals surface area contributed by atoms with Crippen molar-refractivity contribution in [3.63, 3.8) is 0 Å². The lowest BCUT2D eigenvalue weighted by molar-refractivity contribution is -0.139. The first kappa shape index (κ1) is 16.7. The first-order valence-electron chi connectivity index (χ1n) is 6.96. The summed E-state index contributed by atoms with van der Waals surface area (Å²) in [5.74, 6) is -0.763. The van der Waals surface area contributed by atoms with Crippen LogP contribution in [0.25, 0.3) is 0 Å². The van der Waals surface area contributed by atoms with Crippen molar-refractivity contribution >= 4 is 12.0 Å². The minimum atomic E-state index is -1.06. The largest absolute Gasteiger partial charge is 0.480 e. The van der Waals surface area contributed by atoms with Gasteiger partial charge in [-0.3, -0.25) is 0 Å². The zero-order chi connectivity index (χ0) is 15.0. The number of rotatable bonds is 8. The summed E-state index contributed by atoms with van der Waals surface area (Å²) in [4.78, 5) is 22.7. The van der Waals surface area contributed by atoms with Crippen LogP contribution < -0.4 is 10.6 Å². The number of amides is 2. The number of aliphatic carboxylic acids is 1. The molecule has 0 aromatic rings. The third kappa shape index (κ3) is 5.34. The Balaban J connectivity index is 2.32. The third-order valence-corrected chi connectivity index (χ3v) is 3.49. The molecule has 0 aromatic heterocycles. The molecule has 20 heavy (non-hydrogen) atoms. The second-order valence-electron chi connectivity index (χ2n) is 4.89. The molecule has 0 bridgehead atoms. The SMILES string of the molecule is CCC1OCCC1CNC(=O)NC(CCOC)C(=O)O. The third-order valence-electron chi connectivity index (χ3n) is 3.49. The van der Waals surface area contributed by atoms with Crippen molar-refractivity contribution in [2.24, 2.45) is 5.92 Å². The topological polar surface area (TPSA) is 96.9 Å². The number of carboxylic acid groups (broad SMARTS) is 1. The predicted octanol–water partition coefficient (Wildman–Crippen LogP) is 0.590. The van der Waals surface area contributed by atoms with Gasteiger partial charge in [0.1, 0.15) is 6.04 Å². The number of ether oxygens (including phenoxy) is 2. The summed E-state index contributed by atoms with van der Waals surface area (Å²) >= 11 is 0. The van der Waals surface area contributed by atoms with Crippen LogP contribution in [-0.4, -0.2) is 56.1 Å². The Labute approximate surface area is 119 Å². The van der Waals surface area contributed by atoms with E-state index in [9.17, 15) is 9.59 Å². The van der Waals surface area contributed by atoms with Gasteiger partial charge in [0.2, 0.25) is 0 Å². The van der Waals surface area contributed by atoms with Gasteiger partial charge in [0.15, 0.2) is 0 Å². The normalized spacial score (nSPS) is 23.3. The fraction of sp³-hybridized carbons (Fsp3) is 0.846. The molecule has 1 fully saturated rings. The standard InChI is InChI=1S/C13H24N2O5/c1-3-11-9(4-7-20-11)8-14-13(18)15-10(12(16)17)5-6-19-2/h9-11H,3-8H2,1-2H3,(H,16,17)(H2,14,15,18). The first-order chi connectivity index (χ1) is 9.58. The molecule has 0 spiro atoms. The number of nitrogens with one attached hydrogen (secondary N) is 2. The maximum Gasteiger partial charge on any atom is 0.326 e. The van der Waals surface area contributed by atoms with E-state index in [0.717, 1.165) is 19.4 Å². The van der Waals surface area contributed by atoms with Crippen molar-refractivity contribution in [3.8, 4) is 0 Å². The lowest BCUT2D eigenvalue weighted by Gasteiger charge is -2.19. The van der Waals surface area contributed by atoms with Crippen LogP contribution in [-0.2, 0) is 14.3 Å². The Morgan fingerprint density at radius 2 is 2.25 bits per heavy atom. The van der Waals surface area contributed by atoms with Crippen LogP contribution in [0.4, 0.5) is 4.79 Å². The van der Waals surface area contributed by atoms with E-state index in [0.29, 0.717) is 12.5 Å². The lowest BCUT2D eigenvalue weighted by atomic mass is 10.00. The van der Waals surface area contributed by atoms with Crippen molar-refractivity contribution in [1.82, 2.24) is 10.6 Å². The van der Waals surface area contributed by atoms with Gasteiger partial charge in [0.25, 0.3) is 0 Å². The monoisotopic (exact) mass is 288 g/mol. The quantitative estimate of drug-likeness (QED) is 0.607. The Morgan fingerprint density at radius 3 is 2.85 bits per heavy atom. The van der Waals surface area contributed by atoms with Gasteiger partial charge in [-0.05, 0) is 12.8 Å². The Kier molecular flexibility index (Phi) is 7.32. The minimum absolute atomic E-state index is 0.180. The van der Waals surface area contributed by atoms with E-state index in [1.807, 2.05) is 6.92 Å². The van der Waals surface area contributed by atoms with E-state index in [1.54, 1.807) is 0 Å². The minimum Gasteiger partial charge on any atom is -0.480 e. The summed E-state index contributed by atoms with van der Waals surface area (Å²) < 4.78 is 10.4. The van der Waals surface area contributed by atoms with Crippen molar-refractivity contribution in [1.29, 1.82) is 0 Å². The first-order valence-corrected chi connectivity index (χ1v) is 6.96. The summed E-state index contributed by atoms with van der Waals surface area (Å²) in [6, 6.07) is -1.40. The van der Waals surface area contributed by atoms with Gasteiger partial charge >= 0.3 is 12.0 Å². The molecule has 0 aromatic carbocycles. The average molecular weight is 288 g/mol. The van der Waals surface area contributed by atoms with Gasteiger partial charge in [-0.1, -0.05) is 6.92 Å². The highest BCUT2D eigenvalue weighted by Crippen LogP contribution is 2.22. The van der Waals surface area contributed by atoms with Crippen LogP contribution in [0.1, 0.15) is 26.2 Å². The predicted molar refractivity (Wildman–Crippen MR) is 72.6 cm³/mol. The van der Waals surface area contributed by atoms with Crippen LogP contribution in [0.5, 0.6) is 0 Å². The molecule has 116 valence electrons. The second-order valence-corrected chi connectivity index (χ2v) is 4.89. The van der Waals surface area contributed by atoms with E-state index < -0.39 is 18.0 Å². The van der Waals surface area contributed by atoms with Crippen LogP contribution in [0, 0.1) is 5.92 Å². The summed E-state index contributed by atoms with van der Waals surface area (Å²) in [5.41, 5.74) is 0. The Bertz CT molecular complexity index is 324. The number of hydrogen-bond donors (Lipinski definition) is 3. The van der Waals surface area contributed by atoms with Crippen LogP contribution in [0.15, 0.2) is 0 Å². The number of carbonyl (C=O) groups is 2. The van der Waals surface area contributed by atoms with E-state index in [4.69, 9.17) is 14.6 Å². The lowest BCUT2D eigenvalue weighted by Crippen LogP contribution is -2.47. The highest BCUT2D eigenvalue weighted by atomic mass is 16.5. The molecular weight excluding hydrogens is 264 g/mol. The zero-order valence-electron chi connectivity index (χ0n) is 12.1. The Morgan fingerprint density at radius 1 is 1.50 bits per heavy atom. The fourth-order valence-electron chi connectivity index (χ4n) is 2.30. The second kappa shape index (κ2) is 8.76. The molecule has 1 saturated heterocycles.